The highest BCUT2D eigenvalue weighted by atomic mass is 32.1. The van der Waals surface area contributed by atoms with Crippen LogP contribution >= 0.6 is 11.3 Å². The molecule has 0 spiro atoms. The van der Waals surface area contributed by atoms with Crippen LogP contribution in [0.5, 0.6) is 0 Å². The molecule has 3 heteroatoms. The highest BCUT2D eigenvalue weighted by molar-refractivity contribution is 7.10. The summed E-state index contributed by atoms with van der Waals surface area (Å²) in [5.41, 5.74) is 0.273. The minimum atomic E-state index is -0.359. The summed E-state index contributed by atoms with van der Waals surface area (Å²) in [5.74, 6) is 5.63. The summed E-state index contributed by atoms with van der Waals surface area (Å²) >= 11 is 1.57. The average Bonchev–Trinajstić information content (AvgIpc) is 2.75. The third kappa shape index (κ3) is 5.20. The summed E-state index contributed by atoms with van der Waals surface area (Å²) in [6.45, 7) is 8.17. The molecule has 1 aromatic heterocycles. The second-order valence-corrected chi connectivity index (χ2v) is 5.77. The van der Waals surface area contributed by atoms with Crippen molar-refractivity contribution in [1.82, 2.24) is 0 Å². The molecular weight excluding hydrogens is 244 g/mol. The third-order valence-corrected chi connectivity index (χ3v) is 2.72. The Morgan fingerprint density at radius 1 is 1.50 bits per heavy atom. The lowest BCUT2D eigenvalue weighted by molar-refractivity contribution is -0.137. The van der Waals surface area contributed by atoms with Gasteiger partial charge < -0.3 is 4.74 Å². The first kappa shape index (κ1) is 14.5. The minimum Gasteiger partial charge on any atom is -0.462 e. The van der Waals surface area contributed by atoms with Gasteiger partial charge in [-0.15, -0.1) is 11.3 Å². The molecule has 0 amide bonds. The Bertz CT molecular complexity index is 479. The Morgan fingerprint density at radius 3 is 2.72 bits per heavy atom. The Kier molecular flexibility index (Phi) is 5.18. The van der Waals surface area contributed by atoms with E-state index in [9.17, 15) is 4.79 Å². The number of hydrogen-bond donors (Lipinski definition) is 0. The second-order valence-electron chi connectivity index (χ2n) is 4.79. The molecule has 0 aliphatic heterocycles. The zero-order valence-electron chi connectivity index (χ0n) is 11.2. The van der Waals surface area contributed by atoms with Gasteiger partial charge in [0.15, 0.2) is 0 Å². The van der Waals surface area contributed by atoms with E-state index in [-0.39, 0.29) is 11.4 Å². The molecule has 1 aromatic rings. The number of thiophene rings is 1. The van der Waals surface area contributed by atoms with Crippen LogP contribution in [-0.2, 0) is 9.53 Å². The fourth-order valence-electron chi connectivity index (χ4n) is 1.13. The minimum absolute atomic E-state index is 0.138. The standard InChI is InChI=1S/C15H18O2S/c1-5-17-14(16)12(8-9-15(2,3)4)11-13-7-6-10-18-13/h6-7,10-11H,5H2,1-4H3/b12-11+. The number of carbonyl (C=O) groups is 1. The third-order valence-electron chi connectivity index (χ3n) is 1.90. The van der Waals surface area contributed by atoms with E-state index >= 15 is 0 Å². The second kappa shape index (κ2) is 6.42. The monoisotopic (exact) mass is 262 g/mol. The van der Waals surface area contributed by atoms with Crippen LogP contribution in [0.3, 0.4) is 0 Å². The van der Waals surface area contributed by atoms with Crippen molar-refractivity contribution in [2.45, 2.75) is 27.7 Å². The van der Waals surface area contributed by atoms with Gasteiger partial charge in [0.05, 0.1) is 6.61 Å². The molecule has 18 heavy (non-hydrogen) atoms. The van der Waals surface area contributed by atoms with Crippen molar-refractivity contribution in [3.63, 3.8) is 0 Å². The summed E-state index contributed by atoms with van der Waals surface area (Å²) in [6.07, 6.45) is 1.78. The molecule has 0 unspecified atom stereocenters. The quantitative estimate of drug-likeness (QED) is 0.471. The lowest BCUT2D eigenvalue weighted by Crippen LogP contribution is -2.07. The lowest BCUT2D eigenvalue weighted by atomic mass is 9.97. The van der Waals surface area contributed by atoms with Crippen molar-refractivity contribution >= 4 is 23.4 Å². The van der Waals surface area contributed by atoms with Crippen molar-refractivity contribution in [1.29, 1.82) is 0 Å². The van der Waals surface area contributed by atoms with E-state index in [2.05, 4.69) is 11.8 Å². The maximum absolute atomic E-state index is 11.8. The van der Waals surface area contributed by atoms with Crippen LogP contribution < -0.4 is 0 Å². The van der Waals surface area contributed by atoms with Crippen LogP contribution in [0.4, 0.5) is 0 Å². The van der Waals surface area contributed by atoms with Gasteiger partial charge in [0.1, 0.15) is 5.57 Å². The van der Waals surface area contributed by atoms with E-state index < -0.39 is 0 Å². The van der Waals surface area contributed by atoms with Crippen LogP contribution in [0.1, 0.15) is 32.6 Å². The lowest BCUT2D eigenvalue weighted by Gasteiger charge is -2.07. The van der Waals surface area contributed by atoms with Crippen LogP contribution in [0.15, 0.2) is 23.1 Å². The van der Waals surface area contributed by atoms with Crippen molar-refractivity contribution < 1.29 is 9.53 Å². The molecule has 0 aromatic carbocycles. The summed E-state index contributed by atoms with van der Waals surface area (Å²) in [6, 6.07) is 3.89. The van der Waals surface area contributed by atoms with Crippen LogP contribution in [0.2, 0.25) is 0 Å². The zero-order chi connectivity index (χ0) is 13.6. The van der Waals surface area contributed by atoms with Crippen LogP contribution in [-0.4, -0.2) is 12.6 Å². The van der Waals surface area contributed by atoms with E-state index in [1.54, 1.807) is 24.3 Å². The molecule has 0 radical (unpaired) electrons. The fraction of sp³-hybridized carbons (Fsp3) is 0.400. The van der Waals surface area contributed by atoms with Gasteiger partial charge in [-0.25, -0.2) is 4.79 Å². The summed E-state index contributed by atoms with van der Waals surface area (Å²) in [7, 11) is 0. The molecular formula is C15H18O2S. The molecule has 2 nitrogen and oxygen atoms in total. The maximum atomic E-state index is 11.8. The number of carbonyl (C=O) groups excluding carboxylic acids is 1. The van der Waals surface area contributed by atoms with Gasteiger partial charge in [-0.3, -0.25) is 0 Å². The average molecular weight is 262 g/mol. The van der Waals surface area contributed by atoms with Gasteiger partial charge in [-0.05, 0) is 45.2 Å². The van der Waals surface area contributed by atoms with E-state index in [0.717, 1.165) is 4.88 Å². The topological polar surface area (TPSA) is 26.3 Å². The number of hydrogen-bond acceptors (Lipinski definition) is 3. The Labute approximate surface area is 113 Å². The summed E-state index contributed by atoms with van der Waals surface area (Å²) in [5, 5.41) is 1.96. The molecule has 96 valence electrons. The molecule has 0 bridgehead atoms. The van der Waals surface area contributed by atoms with Gasteiger partial charge in [0.2, 0.25) is 0 Å². The Morgan fingerprint density at radius 2 is 2.22 bits per heavy atom. The fourth-order valence-corrected chi connectivity index (χ4v) is 1.78. The number of rotatable bonds is 3. The Hall–Kier alpha value is -1.53. The molecule has 1 heterocycles. The van der Waals surface area contributed by atoms with Crippen molar-refractivity contribution in [2.24, 2.45) is 5.41 Å². The van der Waals surface area contributed by atoms with Crippen molar-refractivity contribution in [2.75, 3.05) is 6.61 Å². The maximum Gasteiger partial charge on any atom is 0.346 e. The van der Waals surface area contributed by atoms with Crippen LogP contribution in [0, 0.1) is 17.3 Å². The van der Waals surface area contributed by atoms with Crippen molar-refractivity contribution in [3.8, 4) is 11.8 Å². The highest BCUT2D eigenvalue weighted by Crippen LogP contribution is 2.15. The normalized spacial score (nSPS) is 11.7. The molecule has 0 N–H and O–H groups in total. The first-order valence-corrected chi connectivity index (χ1v) is 6.76. The van der Waals surface area contributed by atoms with Gasteiger partial charge in [-0.2, -0.15) is 0 Å². The molecule has 0 aliphatic rings. The number of esters is 1. The molecule has 0 aliphatic carbocycles. The van der Waals surface area contributed by atoms with Gasteiger partial charge in [0, 0.05) is 10.3 Å². The molecule has 0 saturated carbocycles. The van der Waals surface area contributed by atoms with Crippen LogP contribution in [0.25, 0.3) is 6.08 Å². The predicted octanol–water partition coefficient (Wildman–Crippen LogP) is 3.74. The molecule has 1 rings (SSSR count). The van der Waals surface area contributed by atoms with Gasteiger partial charge in [0.25, 0.3) is 0 Å². The largest absolute Gasteiger partial charge is 0.462 e. The summed E-state index contributed by atoms with van der Waals surface area (Å²) in [4.78, 5) is 12.8. The van der Waals surface area contributed by atoms with E-state index in [1.165, 1.54) is 0 Å². The zero-order valence-corrected chi connectivity index (χ0v) is 12.1. The molecule has 0 atom stereocenters. The number of ether oxygens (including phenoxy) is 1. The molecule has 0 fully saturated rings. The first-order valence-electron chi connectivity index (χ1n) is 5.88. The van der Waals surface area contributed by atoms with Gasteiger partial charge >= 0.3 is 5.97 Å². The van der Waals surface area contributed by atoms with E-state index in [4.69, 9.17) is 4.74 Å². The summed E-state index contributed by atoms with van der Waals surface area (Å²) < 4.78 is 5.01. The van der Waals surface area contributed by atoms with Crippen molar-refractivity contribution in [3.05, 3.63) is 28.0 Å². The SMILES string of the molecule is CCOC(=O)/C(C#CC(C)(C)C)=C/c1cccs1. The van der Waals surface area contributed by atoms with Gasteiger partial charge in [-0.1, -0.05) is 17.9 Å². The highest BCUT2D eigenvalue weighted by Gasteiger charge is 2.10. The smallest absolute Gasteiger partial charge is 0.346 e. The molecule has 0 saturated heterocycles. The Balaban J connectivity index is 3.02. The first-order chi connectivity index (χ1) is 8.42. The van der Waals surface area contributed by atoms with E-state index in [1.807, 2.05) is 38.3 Å². The predicted molar refractivity (Wildman–Crippen MR) is 76.2 cm³/mol. The van der Waals surface area contributed by atoms with E-state index in [0.29, 0.717) is 12.2 Å².